The van der Waals surface area contributed by atoms with Crippen molar-refractivity contribution >= 4 is 0 Å². The number of rotatable bonds is 5. The lowest BCUT2D eigenvalue weighted by Gasteiger charge is -2.10. The lowest BCUT2D eigenvalue weighted by atomic mass is 10.1. The standard InChI is InChI=1S/C12H17N/c1-3-12(13-2)10-9-11-7-5-4-6-8-11/h3-8,12-13H,1,9-10H2,2H3. The Kier molecular flexibility index (Phi) is 4.27. The van der Waals surface area contributed by atoms with Gasteiger partial charge in [0.05, 0.1) is 0 Å². The van der Waals surface area contributed by atoms with Gasteiger partial charge in [-0.2, -0.15) is 0 Å². The quantitative estimate of drug-likeness (QED) is 0.678. The lowest BCUT2D eigenvalue weighted by molar-refractivity contribution is 0.615. The highest BCUT2D eigenvalue weighted by Crippen LogP contribution is 2.04. The van der Waals surface area contributed by atoms with Gasteiger partial charge >= 0.3 is 0 Å². The van der Waals surface area contributed by atoms with Gasteiger partial charge < -0.3 is 5.32 Å². The van der Waals surface area contributed by atoms with E-state index >= 15 is 0 Å². The van der Waals surface area contributed by atoms with Crippen LogP contribution in [-0.4, -0.2) is 13.1 Å². The molecule has 0 radical (unpaired) electrons. The first-order valence-corrected chi connectivity index (χ1v) is 4.70. The molecule has 0 heterocycles. The first-order valence-electron chi connectivity index (χ1n) is 4.70. The van der Waals surface area contributed by atoms with Crippen LogP contribution in [0.1, 0.15) is 12.0 Å². The molecule has 1 aromatic carbocycles. The van der Waals surface area contributed by atoms with Crippen molar-refractivity contribution in [3.63, 3.8) is 0 Å². The minimum atomic E-state index is 0.431. The molecule has 0 aromatic heterocycles. The van der Waals surface area contributed by atoms with Gasteiger partial charge in [-0.25, -0.2) is 0 Å². The van der Waals surface area contributed by atoms with E-state index in [1.165, 1.54) is 5.56 Å². The monoisotopic (exact) mass is 175 g/mol. The van der Waals surface area contributed by atoms with Crippen LogP contribution in [0.2, 0.25) is 0 Å². The van der Waals surface area contributed by atoms with E-state index in [2.05, 4.69) is 36.2 Å². The zero-order valence-corrected chi connectivity index (χ0v) is 8.16. The molecule has 0 saturated carbocycles. The van der Waals surface area contributed by atoms with Crippen molar-refractivity contribution in [1.29, 1.82) is 0 Å². The van der Waals surface area contributed by atoms with Crippen molar-refractivity contribution in [3.8, 4) is 0 Å². The summed E-state index contributed by atoms with van der Waals surface area (Å²) in [6, 6.07) is 11.0. The van der Waals surface area contributed by atoms with Crippen LogP contribution < -0.4 is 5.32 Å². The van der Waals surface area contributed by atoms with Crippen LogP contribution in [0.4, 0.5) is 0 Å². The van der Waals surface area contributed by atoms with Crippen molar-refractivity contribution in [2.45, 2.75) is 18.9 Å². The van der Waals surface area contributed by atoms with Gasteiger partial charge in [-0.05, 0) is 25.5 Å². The maximum atomic E-state index is 3.78. The summed E-state index contributed by atoms with van der Waals surface area (Å²) in [5.74, 6) is 0. The van der Waals surface area contributed by atoms with Crippen LogP contribution in [0.15, 0.2) is 43.0 Å². The molecule has 0 fully saturated rings. The van der Waals surface area contributed by atoms with E-state index in [-0.39, 0.29) is 0 Å². The van der Waals surface area contributed by atoms with Gasteiger partial charge in [0.25, 0.3) is 0 Å². The molecule has 1 rings (SSSR count). The van der Waals surface area contributed by atoms with Gasteiger partial charge in [0.2, 0.25) is 0 Å². The lowest BCUT2D eigenvalue weighted by Crippen LogP contribution is -2.22. The Morgan fingerprint density at radius 3 is 2.62 bits per heavy atom. The highest BCUT2D eigenvalue weighted by molar-refractivity contribution is 5.15. The van der Waals surface area contributed by atoms with Gasteiger partial charge in [-0.15, -0.1) is 6.58 Å². The minimum absolute atomic E-state index is 0.431. The van der Waals surface area contributed by atoms with Crippen LogP contribution in [0.25, 0.3) is 0 Å². The SMILES string of the molecule is C=CC(CCc1ccccc1)NC. The van der Waals surface area contributed by atoms with Gasteiger partial charge in [-0.1, -0.05) is 36.4 Å². The van der Waals surface area contributed by atoms with E-state index < -0.39 is 0 Å². The largest absolute Gasteiger partial charge is 0.314 e. The molecule has 0 saturated heterocycles. The summed E-state index contributed by atoms with van der Waals surface area (Å²) in [6.45, 7) is 3.78. The molecule has 1 nitrogen and oxygen atoms in total. The zero-order valence-electron chi connectivity index (χ0n) is 8.16. The van der Waals surface area contributed by atoms with Gasteiger partial charge in [-0.3, -0.25) is 0 Å². The van der Waals surface area contributed by atoms with Crippen LogP contribution in [0, 0.1) is 0 Å². The van der Waals surface area contributed by atoms with E-state index in [1.54, 1.807) is 0 Å². The van der Waals surface area contributed by atoms with E-state index in [9.17, 15) is 0 Å². The zero-order chi connectivity index (χ0) is 9.52. The van der Waals surface area contributed by atoms with Gasteiger partial charge in [0.1, 0.15) is 0 Å². The molecule has 0 bridgehead atoms. The summed E-state index contributed by atoms with van der Waals surface area (Å²) in [5.41, 5.74) is 1.39. The molecule has 1 atom stereocenters. The summed E-state index contributed by atoms with van der Waals surface area (Å²) >= 11 is 0. The fourth-order valence-electron chi connectivity index (χ4n) is 1.35. The Balaban J connectivity index is 2.38. The maximum Gasteiger partial charge on any atom is 0.0247 e. The summed E-state index contributed by atoms with van der Waals surface area (Å²) in [6.07, 6.45) is 4.19. The third-order valence-corrected chi connectivity index (χ3v) is 2.24. The second-order valence-electron chi connectivity index (χ2n) is 3.16. The summed E-state index contributed by atoms with van der Waals surface area (Å²) < 4.78 is 0. The van der Waals surface area contributed by atoms with Crippen molar-refractivity contribution in [1.82, 2.24) is 5.32 Å². The van der Waals surface area contributed by atoms with Crippen molar-refractivity contribution in [3.05, 3.63) is 48.6 Å². The third kappa shape index (κ3) is 3.43. The van der Waals surface area contributed by atoms with E-state index in [1.807, 2.05) is 19.2 Å². The second kappa shape index (κ2) is 5.55. The van der Waals surface area contributed by atoms with Crippen molar-refractivity contribution in [2.24, 2.45) is 0 Å². The number of aryl methyl sites for hydroxylation is 1. The smallest absolute Gasteiger partial charge is 0.0247 e. The predicted molar refractivity (Wildman–Crippen MR) is 57.8 cm³/mol. The Labute approximate surface area is 80.5 Å². The molecule has 0 aliphatic rings. The van der Waals surface area contributed by atoms with Gasteiger partial charge in [0, 0.05) is 6.04 Å². The maximum absolute atomic E-state index is 3.78. The average Bonchev–Trinajstić information content (AvgIpc) is 2.21. The van der Waals surface area contributed by atoms with Gasteiger partial charge in [0.15, 0.2) is 0 Å². The number of benzene rings is 1. The van der Waals surface area contributed by atoms with Crippen LogP contribution >= 0.6 is 0 Å². The fraction of sp³-hybridized carbons (Fsp3) is 0.333. The molecule has 0 amide bonds. The molecule has 70 valence electrons. The van der Waals surface area contributed by atoms with Crippen molar-refractivity contribution in [2.75, 3.05) is 7.05 Å². The first-order chi connectivity index (χ1) is 6.36. The molecular weight excluding hydrogens is 158 g/mol. The van der Waals surface area contributed by atoms with Crippen LogP contribution in [0.5, 0.6) is 0 Å². The highest BCUT2D eigenvalue weighted by Gasteiger charge is 1.99. The molecule has 1 unspecified atom stereocenters. The number of nitrogens with one attached hydrogen (secondary N) is 1. The number of hydrogen-bond acceptors (Lipinski definition) is 1. The normalized spacial score (nSPS) is 12.4. The molecule has 1 heteroatoms. The molecular formula is C12H17N. The van der Waals surface area contributed by atoms with E-state index in [4.69, 9.17) is 0 Å². The number of likely N-dealkylation sites (N-methyl/N-ethyl adjacent to an activating group) is 1. The number of hydrogen-bond donors (Lipinski definition) is 1. The van der Waals surface area contributed by atoms with E-state index in [0.717, 1.165) is 12.8 Å². The molecule has 0 spiro atoms. The Morgan fingerprint density at radius 1 is 1.38 bits per heavy atom. The Bertz CT molecular complexity index is 241. The average molecular weight is 175 g/mol. The molecule has 0 aliphatic heterocycles. The fourth-order valence-corrected chi connectivity index (χ4v) is 1.35. The second-order valence-corrected chi connectivity index (χ2v) is 3.16. The predicted octanol–water partition coefficient (Wildman–Crippen LogP) is 2.39. The minimum Gasteiger partial charge on any atom is -0.314 e. The first kappa shape index (κ1) is 10.0. The third-order valence-electron chi connectivity index (χ3n) is 2.24. The van der Waals surface area contributed by atoms with Crippen LogP contribution in [0.3, 0.4) is 0 Å². The summed E-state index contributed by atoms with van der Waals surface area (Å²) in [7, 11) is 1.97. The van der Waals surface area contributed by atoms with Crippen molar-refractivity contribution < 1.29 is 0 Å². The molecule has 13 heavy (non-hydrogen) atoms. The molecule has 1 aromatic rings. The Hall–Kier alpha value is -1.08. The highest BCUT2D eigenvalue weighted by atomic mass is 14.8. The topological polar surface area (TPSA) is 12.0 Å². The van der Waals surface area contributed by atoms with E-state index in [0.29, 0.717) is 6.04 Å². The Morgan fingerprint density at radius 2 is 2.08 bits per heavy atom. The summed E-state index contributed by atoms with van der Waals surface area (Å²) in [5, 5.41) is 3.20. The van der Waals surface area contributed by atoms with Crippen LogP contribution in [-0.2, 0) is 6.42 Å². The molecule has 1 N–H and O–H groups in total. The summed E-state index contributed by atoms with van der Waals surface area (Å²) in [4.78, 5) is 0. The molecule has 0 aliphatic carbocycles.